The van der Waals surface area contributed by atoms with Crippen LogP contribution in [0.25, 0.3) is 10.9 Å². The van der Waals surface area contributed by atoms with E-state index in [0.717, 1.165) is 34.5 Å². The van der Waals surface area contributed by atoms with Crippen LogP contribution in [0.4, 0.5) is 17.6 Å². The zero-order valence-electron chi connectivity index (χ0n) is 23.9. The average Bonchev–Trinajstić information content (AvgIpc) is 3.61. The van der Waals surface area contributed by atoms with Crippen LogP contribution in [-0.4, -0.2) is 103 Å². The number of aliphatic hydroxyl groups excluding tert-OH is 2. The predicted molar refractivity (Wildman–Crippen MR) is 156 cm³/mol. The van der Waals surface area contributed by atoms with Crippen molar-refractivity contribution in [1.29, 1.82) is 0 Å². The van der Waals surface area contributed by atoms with Gasteiger partial charge in [0.25, 0.3) is 5.91 Å². The highest BCUT2D eigenvalue weighted by Crippen LogP contribution is 2.42. The van der Waals surface area contributed by atoms with Crippen LogP contribution in [-0.2, 0) is 22.5 Å². The van der Waals surface area contributed by atoms with Crippen LogP contribution >= 0.6 is 0 Å². The van der Waals surface area contributed by atoms with Crippen LogP contribution in [0.1, 0.15) is 55.7 Å². The molecule has 7 heterocycles. The van der Waals surface area contributed by atoms with E-state index in [1.807, 2.05) is 23.1 Å². The number of carbonyl (C=O) groups is 1. The molecule has 4 aliphatic heterocycles. The number of pyridine rings is 2. The maximum absolute atomic E-state index is 13.2. The van der Waals surface area contributed by atoms with Crippen LogP contribution in [0.5, 0.6) is 0 Å². The summed E-state index contributed by atoms with van der Waals surface area (Å²) in [7, 11) is 0. The highest BCUT2D eigenvalue weighted by atomic mass is 16.5. The topological polar surface area (TPSA) is 140 Å². The van der Waals surface area contributed by atoms with Gasteiger partial charge in [0.05, 0.1) is 25.0 Å². The zero-order valence-corrected chi connectivity index (χ0v) is 23.9. The minimum Gasteiger partial charge on any atom is -0.395 e. The molecule has 12 heteroatoms. The van der Waals surface area contributed by atoms with Gasteiger partial charge >= 0.3 is 0 Å². The first-order valence-corrected chi connectivity index (χ1v) is 15.1. The van der Waals surface area contributed by atoms with E-state index >= 15 is 0 Å². The molecule has 3 aromatic rings. The number of hydrogen-bond acceptors (Lipinski definition) is 11. The minimum atomic E-state index is -0.673. The maximum atomic E-state index is 13.2. The number of anilines is 3. The quantitative estimate of drug-likeness (QED) is 0.381. The molecule has 4 aliphatic rings. The number of hydrogen-bond donors (Lipinski definition) is 3. The monoisotopic (exact) mass is 574 g/mol. The molecule has 1 amide bonds. The number of nitrogens with zero attached hydrogens (tertiary/aromatic N) is 7. The fourth-order valence-corrected chi connectivity index (χ4v) is 6.94. The number of rotatable bonds is 7. The summed E-state index contributed by atoms with van der Waals surface area (Å²) in [5.41, 5.74) is 3.39. The Morgan fingerprint density at radius 2 is 1.95 bits per heavy atom. The summed E-state index contributed by atoms with van der Waals surface area (Å²) in [6, 6.07) is 6.72. The van der Waals surface area contributed by atoms with E-state index in [0.29, 0.717) is 68.8 Å². The number of ether oxygens (including phenoxy) is 1. The van der Waals surface area contributed by atoms with E-state index in [-0.39, 0.29) is 12.5 Å². The predicted octanol–water partition coefficient (Wildman–Crippen LogP) is 1.93. The van der Waals surface area contributed by atoms with Gasteiger partial charge in [0.15, 0.2) is 5.82 Å². The van der Waals surface area contributed by atoms with E-state index in [1.165, 1.54) is 25.7 Å². The third kappa shape index (κ3) is 5.17. The van der Waals surface area contributed by atoms with Crippen molar-refractivity contribution in [3.05, 3.63) is 41.3 Å². The lowest BCUT2D eigenvalue weighted by Crippen LogP contribution is -2.52. The molecule has 0 aromatic carbocycles. The number of β-amino-alcohol motifs (C(OH)–C–C–N with tert-alkyl or cyclic N) is 1. The molecule has 2 atom stereocenters. The van der Waals surface area contributed by atoms with Gasteiger partial charge in [0.2, 0.25) is 5.95 Å². The molecule has 0 aliphatic carbocycles. The summed E-state index contributed by atoms with van der Waals surface area (Å²) in [5, 5.41) is 23.7. The SMILES string of the molecule is C[C@@H](O)c1cc2cnc(Nc3ccc4c(n3)CCN(C(=O)C3CN(CCO)CCO3)C4)nc2c(N2C3CCC2CC3)n1. The summed E-state index contributed by atoms with van der Waals surface area (Å²) < 4.78 is 5.77. The first-order chi connectivity index (χ1) is 20.5. The van der Waals surface area contributed by atoms with Crippen molar-refractivity contribution in [2.75, 3.05) is 49.6 Å². The first-order valence-electron chi connectivity index (χ1n) is 15.1. The third-order valence-corrected chi connectivity index (χ3v) is 9.13. The number of morpholine rings is 1. The van der Waals surface area contributed by atoms with Gasteiger partial charge in [-0.1, -0.05) is 6.07 Å². The highest BCUT2D eigenvalue weighted by molar-refractivity contribution is 5.90. The van der Waals surface area contributed by atoms with Crippen LogP contribution in [0.2, 0.25) is 0 Å². The molecular weight excluding hydrogens is 536 g/mol. The van der Waals surface area contributed by atoms with Gasteiger partial charge in [-0.05, 0) is 50.3 Å². The molecule has 7 rings (SSSR count). The van der Waals surface area contributed by atoms with Crippen LogP contribution in [0.15, 0.2) is 24.4 Å². The van der Waals surface area contributed by atoms with Crippen LogP contribution in [0, 0.1) is 0 Å². The molecule has 3 N–H and O–H groups in total. The average molecular weight is 575 g/mol. The molecule has 0 spiro atoms. The lowest BCUT2D eigenvalue weighted by atomic mass is 10.0. The van der Waals surface area contributed by atoms with Crippen molar-refractivity contribution >= 4 is 34.4 Å². The minimum absolute atomic E-state index is 0.00958. The van der Waals surface area contributed by atoms with E-state index in [4.69, 9.17) is 19.7 Å². The zero-order chi connectivity index (χ0) is 28.8. The van der Waals surface area contributed by atoms with Crippen molar-refractivity contribution in [2.24, 2.45) is 0 Å². The highest BCUT2D eigenvalue weighted by Gasteiger charge is 2.41. The van der Waals surface area contributed by atoms with Crippen molar-refractivity contribution in [1.82, 2.24) is 29.7 Å². The van der Waals surface area contributed by atoms with Gasteiger partial charge in [0.1, 0.15) is 17.4 Å². The Kier molecular flexibility index (Phi) is 7.39. The van der Waals surface area contributed by atoms with E-state index in [2.05, 4.69) is 20.1 Å². The molecule has 3 aromatic heterocycles. The van der Waals surface area contributed by atoms with Crippen molar-refractivity contribution < 1.29 is 19.7 Å². The number of aliphatic hydroxyl groups is 2. The van der Waals surface area contributed by atoms with Gasteiger partial charge < -0.3 is 30.1 Å². The summed E-state index contributed by atoms with van der Waals surface area (Å²) in [6.45, 7) is 5.16. The Balaban J connectivity index is 1.09. The maximum Gasteiger partial charge on any atom is 0.253 e. The van der Waals surface area contributed by atoms with Gasteiger partial charge in [-0.2, -0.15) is 0 Å². The normalized spacial score (nSPS) is 24.7. The van der Waals surface area contributed by atoms with Gasteiger partial charge in [-0.15, -0.1) is 0 Å². The van der Waals surface area contributed by atoms with E-state index in [9.17, 15) is 15.0 Å². The molecule has 0 radical (unpaired) electrons. The second-order valence-corrected chi connectivity index (χ2v) is 11.9. The Labute approximate surface area is 244 Å². The largest absolute Gasteiger partial charge is 0.395 e. The van der Waals surface area contributed by atoms with Gasteiger partial charge in [0, 0.05) is 68.5 Å². The fourth-order valence-electron chi connectivity index (χ4n) is 6.94. The number of aromatic nitrogens is 4. The Morgan fingerprint density at radius 3 is 2.71 bits per heavy atom. The molecule has 12 nitrogen and oxygen atoms in total. The van der Waals surface area contributed by atoms with Crippen molar-refractivity contribution in [2.45, 2.75) is 69.9 Å². The molecule has 3 saturated heterocycles. The standard InChI is InChI=1S/C30H38N8O4/c1-18(40)24-14-20-15-31-30(35-27(20)28(33-24)38-21-3-4-22(38)6-5-21)34-26-7-2-19-16-37(9-8-23(19)32-26)29(41)25-17-36(10-12-39)11-13-42-25/h2,7,14-15,18,21-22,25,39-40H,3-6,8-13,16-17H2,1H3,(H,31,32,34,35)/t18-,21?,22?,25?/m1/s1. The number of amides is 1. The summed E-state index contributed by atoms with van der Waals surface area (Å²) >= 11 is 0. The first kappa shape index (κ1) is 27.4. The second kappa shape index (κ2) is 11.3. The smallest absolute Gasteiger partial charge is 0.253 e. The van der Waals surface area contributed by atoms with Crippen LogP contribution < -0.4 is 10.2 Å². The van der Waals surface area contributed by atoms with E-state index < -0.39 is 12.2 Å². The number of nitrogens with one attached hydrogen (secondary N) is 1. The molecule has 3 fully saturated rings. The second-order valence-electron chi connectivity index (χ2n) is 11.9. The molecule has 2 bridgehead atoms. The molecule has 222 valence electrons. The Hall–Kier alpha value is -3.45. The molecule has 1 unspecified atom stereocenters. The lowest BCUT2D eigenvalue weighted by molar-refractivity contribution is -0.150. The molecule has 0 saturated carbocycles. The lowest BCUT2D eigenvalue weighted by Gasteiger charge is -2.36. The van der Waals surface area contributed by atoms with Gasteiger partial charge in [-0.3, -0.25) is 9.69 Å². The Morgan fingerprint density at radius 1 is 1.14 bits per heavy atom. The molecular formula is C30H38N8O4. The number of fused-ring (bicyclic) bond motifs is 4. The van der Waals surface area contributed by atoms with Gasteiger partial charge in [-0.25, -0.2) is 19.9 Å². The Bertz CT molecular complexity index is 1460. The molecule has 42 heavy (non-hydrogen) atoms. The third-order valence-electron chi connectivity index (χ3n) is 9.13. The summed E-state index contributed by atoms with van der Waals surface area (Å²) in [6.07, 6.45) is 5.93. The summed E-state index contributed by atoms with van der Waals surface area (Å²) in [4.78, 5) is 38.7. The van der Waals surface area contributed by atoms with Crippen molar-refractivity contribution in [3.8, 4) is 0 Å². The van der Waals surface area contributed by atoms with Crippen LogP contribution in [0.3, 0.4) is 0 Å². The fraction of sp³-hybridized carbons (Fsp3) is 0.567. The van der Waals surface area contributed by atoms with E-state index in [1.54, 1.807) is 13.1 Å². The number of carbonyl (C=O) groups excluding carboxylic acids is 1. The van der Waals surface area contributed by atoms with Crippen molar-refractivity contribution in [3.63, 3.8) is 0 Å². The summed E-state index contributed by atoms with van der Waals surface area (Å²) in [5.74, 6) is 1.93.